The molecule has 3 unspecified atom stereocenters. The number of hydrogen-bond acceptors (Lipinski definition) is 2. The third kappa shape index (κ3) is 2.14. The molecule has 0 aliphatic heterocycles. The zero-order valence-corrected chi connectivity index (χ0v) is 12.2. The monoisotopic (exact) mass is 280 g/mol. The number of carbonyl (C=O) groups is 1. The van der Waals surface area contributed by atoms with Crippen molar-refractivity contribution in [2.75, 3.05) is 6.54 Å². The molecule has 2 fully saturated rings. The van der Waals surface area contributed by atoms with E-state index in [1.165, 1.54) is 11.1 Å². The molecular weight excluding hydrogens is 260 g/mol. The van der Waals surface area contributed by atoms with Crippen LogP contribution in [0.4, 0.5) is 0 Å². The van der Waals surface area contributed by atoms with Crippen LogP contribution in [0, 0.1) is 23.2 Å². The standard InChI is InChI=1S/C18H20N2O/c19-10-3-11-20(13-7-8-13)18(21)17-15-9-6-12-4-1-2-5-14(12)16(15)17/h1-2,4-5,13,15-17H,3,6-9,11H2. The lowest BCUT2D eigenvalue weighted by Gasteiger charge is -2.21. The van der Waals surface area contributed by atoms with Crippen LogP contribution in [0.15, 0.2) is 24.3 Å². The Labute approximate surface area is 125 Å². The molecule has 21 heavy (non-hydrogen) atoms. The van der Waals surface area contributed by atoms with Gasteiger partial charge in [0.05, 0.1) is 12.5 Å². The molecule has 0 bridgehead atoms. The topological polar surface area (TPSA) is 44.1 Å². The lowest BCUT2D eigenvalue weighted by atomic mass is 9.92. The van der Waals surface area contributed by atoms with E-state index in [1.807, 2.05) is 4.90 Å². The van der Waals surface area contributed by atoms with Gasteiger partial charge in [0.15, 0.2) is 0 Å². The summed E-state index contributed by atoms with van der Waals surface area (Å²) in [6, 6.07) is 11.2. The summed E-state index contributed by atoms with van der Waals surface area (Å²) < 4.78 is 0. The van der Waals surface area contributed by atoms with Crippen molar-refractivity contribution in [2.24, 2.45) is 11.8 Å². The van der Waals surface area contributed by atoms with Crippen molar-refractivity contribution in [3.63, 3.8) is 0 Å². The molecule has 1 aromatic carbocycles. The van der Waals surface area contributed by atoms with E-state index in [9.17, 15) is 4.79 Å². The number of nitrogens with zero attached hydrogens (tertiary/aromatic N) is 2. The molecule has 1 amide bonds. The smallest absolute Gasteiger partial charge is 0.226 e. The van der Waals surface area contributed by atoms with Crippen molar-refractivity contribution in [1.82, 2.24) is 4.90 Å². The Morgan fingerprint density at radius 3 is 2.86 bits per heavy atom. The second kappa shape index (κ2) is 4.87. The number of benzene rings is 1. The average molecular weight is 280 g/mol. The van der Waals surface area contributed by atoms with Crippen molar-refractivity contribution >= 4 is 5.91 Å². The molecule has 0 spiro atoms. The van der Waals surface area contributed by atoms with Crippen molar-refractivity contribution in [3.05, 3.63) is 35.4 Å². The lowest BCUT2D eigenvalue weighted by molar-refractivity contribution is -0.133. The molecule has 3 atom stereocenters. The maximum Gasteiger partial charge on any atom is 0.226 e. The first-order valence-corrected chi connectivity index (χ1v) is 8.06. The fourth-order valence-corrected chi connectivity index (χ4v) is 4.12. The zero-order chi connectivity index (χ0) is 14.4. The third-order valence-corrected chi connectivity index (χ3v) is 5.35. The summed E-state index contributed by atoms with van der Waals surface area (Å²) in [4.78, 5) is 14.9. The molecule has 0 radical (unpaired) electrons. The quantitative estimate of drug-likeness (QED) is 0.851. The summed E-state index contributed by atoms with van der Waals surface area (Å²) in [5.41, 5.74) is 2.84. The van der Waals surface area contributed by atoms with Gasteiger partial charge in [-0.1, -0.05) is 24.3 Å². The second-order valence-electron chi connectivity index (χ2n) is 6.62. The minimum absolute atomic E-state index is 0.188. The van der Waals surface area contributed by atoms with E-state index in [4.69, 9.17) is 5.26 Å². The highest BCUT2D eigenvalue weighted by molar-refractivity contribution is 5.84. The summed E-state index contributed by atoms with van der Waals surface area (Å²) in [5.74, 6) is 1.51. The number of aryl methyl sites for hydroxylation is 1. The average Bonchev–Trinajstić information content (AvgIpc) is 3.40. The Bertz CT molecular complexity index is 614. The number of rotatable bonds is 4. The maximum absolute atomic E-state index is 12.9. The molecule has 3 aliphatic rings. The maximum atomic E-state index is 12.9. The molecule has 2 saturated carbocycles. The number of nitriles is 1. The predicted molar refractivity (Wildman–Crippen MR) is 79.4 cm³/mol. The number of carbonyl (C=O) groups excluding carboxylic acids is 1. The van der Waals surface area contributed by atoms with E-state index in [2.05, 4.69) is 30.3 Å². The van der Waals surface area contributed by atoms with Crippen LogP contribution in [0.25, 0.3) is 0 Å². The van der Waals surface area contributed by atoms with Crippen LogP contribution in [0.5, 0.6) is 0 Å². The van der Waals surface area contributed by atoms with Crippen molar-refractivity contribution < 1.29 is 4.79 Å². The minimum Gasteiger partial charge on any atom is -0.338 e. The second-order valence-corrected chi connectivity index (χ2v) is 6.62. The van der Waals surface area contributed by atoms with E-state index in [0.717, 1.165) is 25.7 Å². The molecule has 3 aliphatic carbocycles. The van der Waals surface area contributed by atoms with Crippen LogP contribution in [0.2, 0.25) is 0 Å². The van der Waals surface area contributed by atoms with Gasteiger partial charge in [0, 0.05) is 18.5 Å². The Morgan fingerprint density at radius 2 is 2.10 bits per heavy atom. The molecule has 3 nitrogen and oxygen atoms in total. The minimum atomic E-state index is 0.188. The molecular formula is C18H20N2O. The Hall–Kier alpha value is -1.82. The van der Waals surface area contributed by atoms with Crippen LogP contribution in [0.1, 0.15) is 42.7 Å². The SMILES string of the molecule is N#CCCN(C(=O)C1C2CCc3ccccc3C21)C1CC1. The normalized spacial score (nSPS) is 29.0. The Kier molecular flexibility index (Phi) is 2.99. The van der Waals surface area contributed by atoms with Gasteiger partial charge in [-0.15, -0.1) is 0 Å². The number of hydrogen-bond donors (Lipinski definition) is 0. The predicted octanol–water partition coefficient (Wildman–Crippen LogP) is 2.87. The molecule has 4 rings (SSSR count). The highest BCUT2D eigenvalue weighted by atomic mass is 16.2. The van der Waals surface area contributed by atoms with Crippen LogP contribution in [-0.4, -0.2) is 23.4 Å². The van der Waals surface area contributed by atoms with Gasteiger partial charge in [-0.3, -0.25) is 4.79 Å². The first-order chi connectivity index (χ1) is 10.3. The van der Waals surface area contributed by atoms with Crippen molar-refractivity contribution in [2.45, 2.75) is 44.1 Å². The van der Waals surface area contributed by atoms with E-state index in [0.29, 0.717) is 36.8 Å². The van der Waals surface area contributed by atoms with Crippen LogP contribution in [-0.2, 0) is 11.2 Å². The van der Waals surface area contributed by atoms with E-state index in [-0.39, 0.29) is 5.92 Å². The molecule has 0 saturated heterocycles. The summed E-state index contributed by atoms with van der Waals surface area (Å²) in [7, 11) is 0. The summed E-state index contributed by atoms with van der Waals surface area (Å²) in [5, 5.41) is 8.80. The van der Waals surface area contributed by atoms with Gasteiger partial charge in [-0.2, -0.15) is 5.26 Å². The van der Waals surface area contributed by atoms with Gasteiger partial charge in [0.2, 0.25) is 5.91 Å². The molecule has 0 heterocycles. The Balaban J connectivity index is 1.53. The fourth-order valence-electron chi connectivity index (χ4n) is 4.12. The fraction of sp³-hybridized carbons (Fsp3) is 0.556. The summed E-state index contributed by atoms with van der Waals surface area (Å²) >= 11 is 0. The van der Waals surface area contributed by atoms with Gasteiger partial charge in [0.25, 0.3) is 0 Å². The highest BCUT2D eigenvalue weighted by Crippen LogP contribution is 2.60. The third-order valence-electron chi connectivity index (χ3n) is 5.35. The molecule has 3 heteroatoms. The van der Waals surface area contributed by atoms with Gasteiger partial charge in [-0.25, -0.2) is 0 Å². The van der Waals surface area contributed by atoms with Gasteiger partial charge < -0.3 is 4.90 Å². The van der Waals surface area contributed by atoms with E-state index >= 15 is 0 Å². The van der Waals surface area contributed by atoms with E-state index < -0.39 is 0 Å². The molecule has 0 aromatic heterocycles. The van der Waals surface area contributed by atoms with Crippen molar-refractivity contribution in [3.8, 4) is 6.07 Å². The summed E-state index contributed by atoms with van der Waals surface area (Å²) in [6.45, 7) is 0.623. The van der Waals surface area contributed by atoms with Crippen LogP contribution >= 0.6 is 0 Å². The van der Waals surface area contributed by atoms with Gasteiger partial charge >= 0.3 is 0 Å². The molecule has 108 valence electrons. The van der Waals surface area contributed by atoms with Gasteiger partial charge in [-0.05, 0) is 48.6 Å². The first kappa shape index (κ1) is 12.9. The summed E-state index contributed by atoms with van der Waals surface area (Å²) in [6.07, 6.45) is 4.96. The van der Waals surface area contributed by atoms with Gasteiger partial charge in [0.1, 0.15) is 0 Å². The largest absolute Gasteiger partial charge is 0.338 e. The Morgan fingerprint density at radius 1 is 1.29 bits per heavy atom. The van der Waals surface area contributed by atoms with Crippen molar-refractivity contribution in [1.29, 1.82) is 5.26 Å². The van der Waals surface area contributed by atoms with Crippen LogP contribution < -0.4 is 0 Å². The zero-order valence-electron chi connectivity index (χ0n) is 12.2. The number of fused-ring (bicyclic) bond motifs is 3. The van der Waals surface area contributed by atoms with Crippen LogP contribution in [0.3, 0.4) is 0 Å². The lowest BCUT2D eigenvalue weighted by Crippen LogP contribution is -2.35. The highest BCUT2D eigenvalue weighted by Gasteiger charge is 2.58. The number of amides is 1. The molecule has 0 N–H and O–H groups in total. The van der Waals surface area contributed by atoms with E-state index in [1.54, 1.807) is 0 Å². The first-order valence-electron chi connectivity index (χ1n) is 8.06. The molecule has 1 aromatic rings.